The molecule has 2 heterocycles. The van der Waals surface area contributed by atoms with Gasteiger partial charge in [0.25, 0.3) is 17.4 Å². The second kappa shape index (κ2) is 13.4. The van der Waals surface area contributed by atoms with Gasteiger partial charge in [-0.05, 0) is 73.4 Å². The summed E-state index contributed by atoms with van der Waals surface area (Å²) in [5, 5.41) is 20.8. The zero-order chi connectivity index (χ0) is 32.1. The first-order valence-electron chi connectivity index (χ1n) is 14.4. The number of nitrogens with two attached hydrogens (primary N) is 1. The first-order chi connectivity index (χ1) is 21.7. The molecule has 0 spiro atoms. The second-order valence-electron chi connectivity index (χ2n) is 10.8. The molecule has 1 saturated heterocycles. The van der Waals surface area contributed by atoms with Crippen LogP contribution in [0.4, 0.5) is 11.6 Å². The number of nitriles is 1. The van der Waals surface area contributed by atoms with E-state index in [0.717, 1.165) is 12.8 Å². The molecule has 0 bridgehead atoms. The first kappa shape index (κ1) is 30.9. The highest BCUT2D eigenvalue weighted by Gasteiger charge is 2.24. The van der Waals surface area contributed by atoms with Crippen molar-refractivity contribution in [3.8, 4) is 34.2 Å². The predicted molar refractivity (Wildman–Crippen MR) is 169 cm³/mol. The van der Waals surface area contributed by atoms with Crippen LogP contribution in [0.2, 0.25) is 0 Å². The molecule has 5 rings (SSSR count). The van der Waals surface area contributed by atoms with Crippen molar-refractivity contribution in [2.75, 3.05) is 29.9 Å². The van der Waals surface area contributed by atoms with E-state index in [0.29, 0.717) is 64.0 Å². The van der Waals surface area contributed by atoms with Crippen LogP contribution in [0, 0.1) is 18.3 Å². The van der Waals surface area contributed by atoms with Crippen LogP contribution in [0.5, 0.6) is 5.75 Å². The molecule has 0 saturated carbocycles. The molecule has 0 atom stereocenters. The van der Waals surface area contributed by atoms with Gasteiger partial charge in [-0.1, -0.05) is 24.3 Å². The summed E-state index contributed by atoms with van der Waals surface area (Å²) in [5.74, 6) is -0.0744. The number of aryl methyl sites for hydroxylation is 1. The Morgan fingerprint density at radius 2 is 1.73 bits per heavy atom. The number of carbonyl (C=O) groups is 2. The summed E-state index contributed by atoms with van der Waals surface area (Å²) in [7, 11) is 1.71. The summed E-state index contributed by atoms with van der Waals surface area (Å²) in [4.78, 5) is 45.1. The smallest absolute Gasteiger partial charge is 0.274 e. The Balaban J connectivity index is 1.38. The normalized spacial score (nSPS) is 13.2. The van der Waals surface area contributed by atoms with E-state index in [-0.39, 0.29) is 23.8 Å². The Morgan fingerprint density at radius 1 is 1.07 bits per heavy atom. The molecule has 1 aliphatic rings. The van der Waals surface area contributed by atoms with Gasteiger partial charge >= 0.3 is 0 Å². The average molecular weight is 608 g/mol. The molecule has 0 unspecified atom stereocenters. The van der Waals surface area contributed by atoms with Crippen LogP contribution in [0.3, 0.4) is 0 Å². The molecule has 45 heavy (non-hydrogen) atoms. The molecule has 5 N–H and O–H groups in total. The number of nitrogens with one attached hydrogen (secondary N) is 2. The summed E-state index contributed by atoms with van der Waals surface area (Å²) >= 11 is 0. The van der Waals surface area contributed by atoms with E-state index in [9.17, 15) is 19.6 Å². The number of ether oxygens (including phenoxy) is 1. The van der Waals surface area contributed by atoms with Gasteiger partial charge in [-0.2, -0.15) is 5.26 Å². The maximum Gasteiger partial charge on any atom is 0.274 e. The van der Waals surface area contributed by atoms with Gasteiger partial charge in [-0.25, -0.2) is 10.5 Å². The summed E-state index contributed by atoms with van der Waals surface area (Å²) < 4.78 is 7.25. The molecule has 230 valence electrons. The lowest BCUT2D eigenvalue weighted by molar-refractivity contribution is -0.118. The number of benzene rings is 3. The second-order valence-corrected chi connectivity index (χ2v) is 10.8. The number of hydrogen-bond donors (Lipinski definition) is 4. The molecular formula is C33H33N7O5. The van der Waals surface area contributed by atoms with Crippen LogP contribution in [0.1, 0.15) is 34.3 Å². The maximum atomic E-state index is 13.9. The number of amides is 2. The quantitative estimate of drug-likeness (QED) is 0.173. The first-order valence-corrected chi connectivity index (χ1v) is 14.4. The van der Waals surface area contributed by atoms with Crippen molar-refractivity contribution in [3.05, 3.63) is 93.8 Å². The van der Waals surface area contributed by atoms with Crippen molar-refractivity contribution >= 4 is 23.5 Å². The molecule has 12 nitrogen and oxygen atoms in total. The highest BCUT2D eigenvalue weighted by Crippen LogP contribution is 2.31. The van der Waals surface area contributed by atoms with Crippen molar-refractivity contribution < 1.29 is 19.5 Å². The zero-order valence-electron chi connectivity index (χ0n) is 24.9. The van der Waals surface area contributed by atoms with Gasteiger partial charge in [0.05, 0.1) is 22.9 Å². The van der Waals surface area contributed by atoms with E-state index in [2.05, 4.69) is 16.3 Å². The standard InChI is InChI=1S/C33H33N7O5/c1-20-17-24(31(42)38-44)9-12-27(20)36-28(41)19-45-26-10-7-22(8-11-26)29-30(23-5-3-21(18-34)4-6-23)37-33(39(2)32(29)43)40-15-13-25(35)14-16-40/h3-12,17,25,44H,13-16,19,35H2,1-2H3,(H,36,41)(H,38,42). The van der Waals surface area contributed by atoms with Gasteiger partial charge in [0.15, 0.2) is 6.61 Å². The van der Waals surface area contributed by atoms with Gasteiger partial charge in [0.1, 0.15) is 5.75 Å². The molecule has 2 amide bonds. The molecule has 1 aromatic heterocycles. The molecule has 0 aliphatic carbocycles. The van der Waals surface area contributed by atoms with Crippen molar-refractivity contribution in [2.45, 2.75) is 25.8 Å². The topological polar surface area (TPSA) is 176 Å². The summed E-state index contributed by atoms with van der Waals surface area (Å²) in [6.45, 7) is 2.84. The van der Waals surface area contributed by atoms with Crippen LogP contribution < -0.4 is 31.7 Å². The third-order valence-corrected chi connectivity index (χ3v) is 7.75. The van der Waals surface area contributed by atoms with Gasteiger partial charge in [0, 0.05) is 43.0 Å². The Kier molecular flexibility index (Phi) is 9.22. The number of carbonyl (C=O) groups excluding carboxylic acids is 2. The van der Waals surface area contributed by atoms with Gasteiger partial charge < -0.3 is 20.7 Å². The number of nitrogens with zero attached hydrogens (tertiary/aromatic N) is 4. The van der Waals surface area contributed by atoms with E-state index in [1.807, 2.05) is 0 Å². The van der Waals surface area contributed by atoms with Crippen LogP contribution in [-0.4, -0.2) is 52.3 Å². The fraction of sp³-hybridized carbons (Fsp3) is 0.242. The predicted octanol–water partition coefficient (Wildman–Crippen LogP) is 3.36. The lowest BCUT2D eigenvalue weighted by Crippen LogP contribution is -2.42. The van der Waals surface area contributed by atoms with E-state index < -0.39 is 11.8 Å². The monoisotopic (exact) mass is 607 g/mol. The third kappa shape index (κ3) is 6.85. The zero-order valence-corrected chi connectivity index (χ0v) is 24.9. The molecule has 1 aliphatic heterocycles. The van der Waals surface area contributed by atoms with E-state index >= 15 is 0 Å². The van der Waals surface area contributed by atoms with Crippen LogP contribution in [-0.2, 0) is 11.8 Å². The summed E-state index contributed by atoms with van der Waals surface area (Å²) in [6, 6.07) is 20.6. The lowest BCUT2D eigenvalue weighted by atomic mass is 9.99. The minimum absolute atomic E-state index is 0.125. The van der Waals surface area contributed by atoms with Crippen LogP contribution >= 0.6 is 0 Å². The Bertz CT molecular complexity index is 1820. The SMILES string of the molecule is Cc1cc(C(=O)NO)ccc1NC(=O)COc1ccc(-c2c(-c3ccc(C#N)cc3)nc(N3CCC(N)CC3)n(C)c2=O)cc1. The minimum atomic E-state index is -0.649. The number of hydroxylamine groups is 1. The third-order valence-electron chi connectivity index (χ3n) is 7.75. The molecule has 0 radical (unpaired) electrons. The largest absolute Gasteiger partial charge is 0.484 e. The summed E-state index contributed by atoms with van der Waals surface area (Å²) in [5.41, 5.74) is 11.6. The molecule has 1 fully saturated rings. The molecule has 4 aromatic rings. The molecule has 12 heteroatoms. The number of aromatic nitrogens is 2. The Labute approximate surface area is 259 Å². The molecular weight excluding hydrogens is 574 g/mol. The van der Waals surface area contributed by atoms with Gasteiger partial charge in [-0.15, -0.1) is 0 Å². The van der Waals surface area contributed by atoms with Crippen LogP contribution in [0.25, 0.3) is 22.4 Å². The van der Waals surface area contributed by atoms with E-state index in [1.54, 1.807) is 84.7 Å². The minimum Gasteiger partial charge on any atom is -0.484 e. The number of hydrogen-bond acceptors (Lipinski definition) is 9. The number of rotatable bonds is 8. The highest BCUT2D eigenvalue weighted by atomic mass is 16.5. The van der Waals surface area contributed by atoms with Crippen LogP contribution in [0.15, 0.2) is 71.5 Å². The fourth-order valence-electron chi connectivity index (χ4n) is 5.21. The van der Waals surface area contributed by atoms with Gasteiger partial charge in [0.2, 0.25) is 5.95 Å². The average Bonchev–Trinajstić information content (AvgIpc) is 3.06. The lowest BCUT2D eigenvalue weighted by Gasteiger charge is -2.32. The highest BCUT2D eigenvalue weighted by molar-refractivity contribution is 5.96. The fourth-order valence-corrected chi connectivity index (χ4v) is 5.21. The Morgan fingerprint density at radius 3 is 2.36 bits per heavy atom. The maximum absolute atomic E-state index is 13.9. The number of anilines is 2. The van der Waals surface area contributed by atoms with E-state index in [1.165, 1.54) is 6.07 Å². The van der Waals surface area contributed by atoms with Crippen molar-refractivity contribution in [1.29, 1.82) is 5.26 Å². The summed E-state index contributed by atoms with van der Waals surface area (Å²) in [6.07, 6.45) is 1.61. The Hall–Kier alpha value is -5.51. The van der Waals surface area contributed by atoms with Crippen molar-refractivity contribution in [3.63, 3.8) is 0 Å². The van der Waals surface area contributed by atoms with E-state index in [4.69, 9.17) is 20.7 Å². The van der Waals surface area contributed by atoms with Crippen molar-refractivity contribution in [2.24, 2.45) is 12.8 Å². The van der Waals surface area contributed by atoms with Crippen molar-refractivity contribution in [1.82, 2.24) is 15.0 Å². The number of piperidine rings is 1. The molecule has 3 aromatic carbocycles. The van der Waals surface area contributed by atoms with Gasteiger partial charge in [-0.3, -0.25) is 24.2 Å².